The summed E-state index contributed by atoms with van der Waals surface area (Å²) in [5.41, 5.74) is 2.49. The Morgan fingerprint density at radius 3 is 2.20 bits per heavy atom. The minimum Gasteiger partial charge on any atom is -0.423 e. The van der Waals surface area contributed by atoms with Crippen LogP contribution in [0.2, 0.25) is 0 Å². The molecule has 0 saturated carbocycles. The van der Waals surface area contributed by atoms with Gasteiger partial charge in [-0.05, 0) is 55.6 Å². The van der Waals surface area contributed by atoms with Crippen LogP contribution >= 0.6 is 0 Å². The van der Waals surface area contributed by atoms with Crippen molar-refractivity contribution in [3.63, 3.8) is 0 Å². The molecule has 266 valence electrons. The lowest BCUT2D eigenvalue weighted by atomic mass is 9.80. The molecule has 1 aliphatic rings. The molecule has 0 aliphatic carbocycles. The third-order valence-corrected chi connectivity index (χ3v) is 8.72. The summed E-state index contributed by atoms with van der Waals surface area (Å²) in [5, 5.41) is 30.1. The minimum absolute atomic E-state index is 0.111. The lowest BCUT2D eigenvalue weighted by molar-refractivity contribution is -0.130. The van der Waals surface area contributed by atoms with E-state index in [4.69, 9.17) is 0 Å². The van der Waals surface area contributed by atoms with Crippen molar-refractivity contribution in [2.45, 2.75) is 38.6 Å². The third kappa shape index (κ3) is 9.53. The van der Waals surface area contributed by atoms with Crippen LogP contribution in [0.1, 0.15) is 53.3 Å². The maximum Gasteiger partial charge on any atom is 0.488 e. The van der Waals surface area contributed by atoms with Crippen molar-refractivity contribution in [2.75, 3.05) is 43.4 Å². The molecule has 1 aromatic heterocycles. The number of hydrogen-bond donors (Lipinski definition) is 7. The predicted molar refractivity (Wildman–Crippen MR) is 195 cm³/mol. The molecule has 1 fully saturated rings. The maximum absolute atomic E-state index is 13.4. The van der Waals surface area contributed by atoms with Crippen LogP contribution < -0.4 is 26.7 Å². The highest BCUT2D eigenvalue weighted by atomic mass is 16.4. The highest BCUT2D eigenvalue weighted by molar-refractivity contribution is 6.58. The number of amides is 6. The lowest BCUT2D eigenvalue weighted by Gasteiger charge is -2.39. The molecular formula is C36H42BN7O7. The first kappa shape index (κ1) is 36.6. The number of nitrogens with one attached hydrogen (secondary N) is 5. The van der Waals surface area contributed by atoms with Crippen LogP contribution in [-0.4, -0.2) is 100 Å². The molecule has 15 heteroatoms. The second-order valence-corrected chi connectivity index (χ2v) is 12.4. The van der Waals surface area contributed by atoms with Gasteiger partial charge < -0.3 is 46.1 Å². The summed E-state index contributed by atoms with van der Waals surface area (Å²) < 4.78 is 0. The maximum atomic E-state index is 13.4. The minimum atomic E-state index is -1.61. The number of benzene rings is 3. The standard InChI is InChI=1S/C36H42BN7O7/c1-24-23-43(33(46)25-11-5-4-6-12-25)19-20-44(24)34(47)32(45)29-22-40-31-28(29)15-10-16-30(31)42-36(49)39-18-8-3-2-7-17-38-35(48)41-27-14-9-13-26(21-27)37(50)51/h4-6,9-16,21-22,24,40,50-51H,2-3,7-8,17-20,23H2,1H3,(H2,38,41,48)(H2,39,42,49)/t24-/m1/s1. The molecule has 1 atom stereocenters. The van der Waals surface area contributed by atoms with Gasteiger partial charge in [0.05, 0.1) is 16.8 Å². The van der Waals surface area contributed by atoms with E-state index in [1.165, 1.54) is 17.2 Å². The van der Waals surface area contributed by atoms with Crippen LogP contribution in [0.25, 0.3) is 10.9 Å². The monoisotopic (exact) mass is 695 g/mol. The number of hydrogen-bond acceptors (Lipinski definition) is 7. The fourth-order valence-electron chi connectivity index (χ4n) is 6.03. The number of aromatic amines is 1. The first-order chi connectivity index (χ1) is 24.6. The molecule has 14 nitrogen and oxygen atoms in total. The van der Waals surface area contributed by atoms with E-state index in [1.54, 1.807) is 65.6 Å². The van der Waals surface area contributed by atoms with Crippen molar-refractivity contribution >= 4 is 64.5 Å². The fourth-order valence-corrected chi connectivity index (χ4v) is 6.03. The molecule has 0 radical (unpaired) electrons. The second kappa shape index (κ2) is 17.3. The number of Topliss-reactive ketones (excluding diaryl/α,β-unsaturated/α-hetero) is 1. The van der Waals surface area contributed by atoms with Crippen molar-refractivity contribution in [3.8, 4) is 0 Å². The summed E-state index contributed by atoms with van der Waals surface area (Å²) in [5.74, 6) is -1.42. The van der Waals surface area contributed by atoms with Gasteiger partial charge in [-0.1, -0.05) is 55.3 Å². The molecule has 0 spiro atoms. The lowest BCUT2D eigenvalue weighted by Crippen LogP contribution is -2.56. The van der Waals surface area contributed by atoms with Gasteiger partial charge in [0.2, 0.25) is 0 Å². The quantitative estimate of drug-likeness (QED) is 0.0483. The van der Waals surface area contributed by atoms with Crippen molar-refractivity contribution < 1.29 is 34.0 Å². The molecule has 2 heterocycles. The Hall–Kier alpha value is -5.67. The summed E-state index contributed by atoms with van der Waals surface area (Å²) >= 11 is 0. The molecule has 0 bridgehead atoms. The van der Waals surface area contributed by atoms with Crippen molar-refractivity contribution in [2.24, 2.45) is 0 Å². The van der Waals surface area contributed by atoms with E-state index in [-0.39, 0.29) is 35.6 Å². The first-order valence-corrected chi connectivity index (χ1v) is 17.0. The summed E-state index contributed by atoms with van der Waals surface area (Å²) in [6.45, 7) is 3.60. The molecule has 1 saturated heterocycles. The number of ketones is 1. The van der Waals surface area contributed by atoms with Gasteiger partial charge in [-0.25, -0.2) is 9.59 Å². The van der Waals surface area contributed by atoms with E-state index in [1.807, 2.05) is 13.0 Å². The molecule has 51 heavy (non-hydrogen) atoms. The zero-order valence-corrected chi connectivity index (χ0v) is 28.4. The zero-order chi connectivity index (χ0) is 36.3. The molecule has 7 N–H and O–H groups in total. The van der Waals surface area contributed by atoms with Gasteiger partial charge in [0.1, 0.15) is 0 Å². The van der Waals surface area contributed by atoms with Gasteiger partial charge in [-0.15, -0.1) is 0 Å². The molecule has 3 aromatic carbocycles. The Balaban J connectivity index is 1.02. The van der Waals surface area contributed by atoms with E-state index in [9.17, 15) is 34.0 Å². The number of unbranched alkanes of at least 4 members (excludes halogenated alkanes) is 3. The van der Waals surface area contributed by atoms with Crippen molar-refractivity contribution in [3.05, 3.63) is 90.1 Å². The number of para-hydroxylation sites is 1. The number of piperazine rings is 1. The number of nitrogens with zero attached hydrogens (tertiary/aromatic N) is 2. The van der Waals surface area contributed by atoms with Crippen LogP contribution in [-0.2, 0) is 4.79 Å². The van der Waals surface area contributed by atoms with E-state index < -0.39 is 24.8 Å². The third-order valence-electron chi connectivity index (χ3n) is 8.72. The van der Waals surface area contributed by atoms with Crippen LogP contribution in [0, 0.1) is 0 Å². The summed E-state index contributed by atoms with van der Waals surface area (Å²) in [6, 6.07) is 19.2. The van der Waals surface area contributed by atoms with Gasteiger partial charge in [0.15, 0.2) is 0 Å². The number of carbonyl (C=O) groups excluding carboxylic acids is 5. The van der Waals surface area contributed by atoms with Crippen LogP contribution in [0.3, 0.4) is 0 Å². The molecule has 5 rings (SSSR count). The Kier molecular flexibility index (Phi) is 12.4. The van der Waals surface area contributed by atoms with Gasteiger partial charge in [-0.2, -0.15) is 0 Å². The summed E-state index contributed by atoms with van der Waals surface area (Å²) in [7, 11) is -1.61. The number of fused-ring (bicyclic) bond motifs is 1. The molecule has 6 amide bonds. The number of rotatable bonds is 13. The first-order valence-electron chi connectivity index (χ1n) is 17.0. The molecule has 4 aromatic rings. The molecular weight excluding hydrogens is 653 g/mol. The summed E-state index contributed by atoms with van der Waals surface area (Å²) in [4.78, 5) is 70.7. The number of H-pyrrole nitrogens is 1. The van der Waals surface area contributed by atoms with Crippen LogP contribution in [0.15, 0.2) is 79.0 Å². The number of anilines is 2. The van der Waals surface area contributed by atoms with Crippen LogP contribution in [0.5, 0.6) is 0 Å². The average molecular weight is 696 g/mol. The summed E-state index contributed by atoms with van der Waals surface area (Å²) in [6.07, 6.45) is 4.63. The van der Waals surface area contributed by atoms with Crippen molar-refractivity contribution in [1.82, 2.24) is 25.4 Å². The van der Waals surface area contributed by atoms with E-state index in [0.29, 0.717) is 54.0 Å². The second-order valence-electron chi connectivity index (χ2n) is 12.4. The smallest absolute Gasteiger partial charge is 0.423 e. The van der Waals surface area contributed by atoms with E-state index in [0.717, 1.165) is 25.7 Å². The predicted octanol–water partition coefficient (Wildman–Crippen LogP) is 2.91. The SMILES string of the molecule is C[C@@H]1CN(C(=O)c2ccccc2)CCN1C(=O)C(=O)c1c[nH]c2c(NC(=O)NCCCCCCNC(=O)Nc3cccc(B(O)O)c3)cccc12. The molecule has 0 unspecified atom stereocenters. The number of aromatic nitrogens is 1. The molecule has 1 aliphatic heterocycles. The Bertz CT molecular complexity index is 1870. The largest absolute Gasteiger partial charge is 0.488 e. The van der Waals surface area contributed by atoms with E-state index in [2.05, 4.69) is 26.3 Å². The number of urea groups is 2. The van der Waals surface area contributed by atoms with Crippen molar-refractivity contribution in [1.29, 1.82) is 0 Å². The fraction of sp³-hybridized carbons (Fsp3) is 0.306. The van der Waals surface area contributed by atoms with Gasteiger partial charge in [0.25, 0.3) is 17.6 Å². The zero-order valence-electron chi connectivity index (χ0n) is 28.4. The highest BCUT2D eigenvalue weighted by Crippen LogP contribution is 2.27. The van der Waals surface area contributed by atoms with Gasteiger partial charge >= 0.3 is 19.2 Å². The Labute approximate surface area is 295 Å². The van der Waals surface area contributed by atoms with Gasteiger partial charge in [-0.3, -0.25) is 14.4 Å². The topological polar surface area (TPSA) is 196 Å². The number of carbonyl (C=O) groups is 5. The van der Waals surface area contributed by atoms with Crippen LogP contribution in [0.4, 0.5) is 21.0 Å². The Morgan fingerprint density at radius 1 is 0.824 bits per heavy atom. The highest BCUT2D eigenvalue weighted by Gasteiger charge is 2.34. The normalized spacial score (nSPS) is 14.1. The van der Waals surface area contributed by atoms with Gasteiger partial charge in [0, 0.05) is 61.6 Å². The average Bonchev–Trinajstić information content (AvgIpc) is 3.57. The Morgan fingerprint density at radius 2 is 1.51 bits per heavy atom. The van der Waals surface area contributed by atoms with E-state index >= 15 is 0 Å².